The smallest absolute Gasteiger partial charge is 0.230 e. The topological polar surface area (TPSA) is 82.0 Å². The van der Waals surface area contributed by atoms with Gasteiger partial charge in [0.15, 0.2) is 0 Å². The average molecular weight is 661 g/mol. The largest absolute Gasteiger partial charge is 0.345 e. The number of amides is 3. The van der Waals surface area contributed by atoms with Crippen molar-refractivity contribution in [3.63, 3.8) is 0 Å². The fourth-order valence-corrected chi connectivity index (χ4v) is 8.88. The van der Waals surface area contributed by atoms with Gasteiger partial charge in [0.25, 0.3) is 0 Å². The van der Waals surface area contributed by atoms with Crippen molar-refractivity contribution in [1.29, 1.82) is 0 Å². The van der Waals surface area contributed by atoms with E-state index in [1.165, 1.54) is 18.5 Å². The zero-order valence-corrected chi connectivity index (χ0v) is 30.5. The molecule has 2 aliphatic heterocycles. The van der Waals surface area contributed by atoms with Gasteiger partial charge in [-0.25, -0.2) is 4.98 Å². The number of aryl methyl sites for hydroxylation is 2. The molecule has 3 atom stereocenters. The Morgan fingerprint density at radius 1 is 0.917 bits per heavy atom. The molecule has 0 spiro atoms. The number of benzene rings is 1. The third-order valence-corrected chi connectivity index (χ3v) is 11.6. The van der Waals surface area contributed by atoms with Crippen LogP contribution >= 0.6 is 0 Å². The molecule has 3 fully saturated rings. The number of aromatic nitrogens is 2. The van der Waals surface area contributed by atoms with Gasteiger partial charge in [-0.3, -0.25) is 19.3 Å². The van der Waals surface area contributed by atoms with Crippen LogP contribution in [0.4, 0.5) is 5.69 Å². The lowest BCUT2D eigenvalue weighted by Crippen LogP contribution is -2.49. The van der Waals surface area contributed by atoms with Gasteiger partial charge in [-0.15, -0.1) is 0 Å². The number of anilines is 1. The van der Waals surface area contributed by atoms with E-state index in [1.54, 1.807) is 6.92 Å². The van der Waals surface area contributed by atoms with E-state index in [4.69, 9.17) is 4.98 Å². The highest BCUT2D eigenvalue weighted by molar-refractivity contribution is 5.95. The van der Waals surface area contributed by atoms with Gasteiger partial charge in [-0.05, 0) is 84.3 Å². The van der Waals surface area contributed by atoms with E-state index < -0.39 is 0 Å². The number of carbonyl (C=O) groups excluding carboxylic acids is 3. The Morgan fingerprint density at radius 3 is 2.23 bits per heavy atom. The minimum Gasteiger partial charge on any atom is -0.345 e. The number of carbonyl (C=O) groups is 3. The maximum absolute atomic E-state index is 13.9. The molecule has 2 aromatic rings. The SMILES string of the molecule is CCC1CC(n2c(C)nc(C)c2CCN(C)C(=O)C2CCCC2)CC(C)N1CCCN(C(=O)C1CCN(C(C)=O)CC1)c1ccccc1. The molecule has 0 bridgehead atoms. The van der Waals surface area contributed by atoms with E-state index in [0.29, 0.717) is 43.7 Å². The molecule has 1 aromatic heterocycles. The third kappa shape index (κ3) is 8.32. The summed E-state index contributed by atoms with van der Waals surface area (Å²) in [4.78, 5) is 52.2. The Kier molecular flexibility index (Phi) is 12.4. The quantitative estimate of drug-likeness (QED) is 0.272. The monoisotopic (exact) mass is 660 g/mol. The summed E-state index contributed by atoms with van der Waals surface area (Å²) in [7, 11) is 1.97. The van der Waals surface area contributed by atoms with Crippen LogP contribution in [0, 0.1) is 25.7 Å². The normalized spacial score (nSPS) is 22.6. The number of rotatable bonds is 12. The first kappa shape index (κ1) is 36.1. The van der Waals surface area contributed by atoms with Gasteiger partial charge in [0.05, 0.1) is 5.69 Å². The first-order chi connectivity index (χ1) is 23.1. The average Bonchev–Trinajstić information content (AvgIpc) is 3.73. The molecule has 3 aliphatic rings. The number of nitrogens with zero attached hydrogens (tertiary/aromatic N) is 6. The molecule has 1 aromatic carbocycles. The van der Waals surface area contributed by atoms with Gasteiger partial charge in [0, 0.05) is 94.5 Å². The molecule has 9 heteroatoms. The van der Waals surface area contributed by atoms with Gasteiger partial charge in [0.2, 0.25) is 17.7 Å². The molecule has 1 saturated carbocycles. The maximum atomic E-state index is 13.9. The molecule has 2 saturated heterocycles. The second kappa shape index (κ2) is 16.5. The molecular weight excluding hydrogens is 600 g/mol. The first-order valence-corrected chi connectivity index (χ1v) is 18.8. The van der Waals surface area contributed by atoms with Crippen LogP contribution in [-0.2, 0) is 20.8 Å². The molecule has 9 nitrogen and oxygen atoms in total. The predicted molar refractivity (Wildman–Crippen MR) is 192 cm³/mol. The Balaban J connectivity index is 1.21. The predicted octanol–water partition coefficient (Wildman–Crippen LogP) is 6.18. The molecule has 1 aliphatic carbocycles. The molecule has 5 rings (SSSR count). The number of hydrogen-bond acceptors (Lipinski definition) is 5. The van der Waals surface area contributed by atoms with E-state index in [1.807, 2.05) is 52.1 Å². The van der Waals surface area contributed by atoms with Crippen LogP contribution in [0.25, 0.3) is 0 Å². The lowest BCUT2D eigenvalue weighted by Gasteiger charge is -2.45. The van der Waals surface area contributed by atoms with Crippen LogP contribution in [0.5, 0.6) is 0 Å². The van der Waals surface area contributed by atoms with Crippen molar-refractivity contribution in [1.82, 2.24) is 24.3 Å². The lowest BCUT2D eigenvalue weighted by molar-refractivity contribution is -0.134. The minimum absolute atomic E-state index is 0.0458. The number of likely N-dealkylation sites (N-methyl/N-ethyl adjacent to an activating group) is 1. The summed E-state index contributed by atoms with van der Waals surface area (Å²) < 4.78 is 2.51. The van der Waals surface area contributed by atoms with Crippen LogP contribution in [0.2, 0.25) is 0 Å². The molecule has 264 valence electrons. The fourth-order valence-electron chi connectivity index (χ4n) is 8.88. The summed E-state index contributed by atoms with van der Waals surface area (Å²) in [5, 5.41) is 0. The van der Waals surface area contributed by atoms with Gasteiger partial charge in [0.1, 0.15) is 5.82 Å². The van der Waals surface area contributed by atoms with Crippen molar-refractivity contribution in [2.75, 3.05) is 44.7 Å². The van der Waals surface area contributed by atoms with E-state index in [-0.39, 0.29) is 23.7 Å². The number of likely N-dealkylation sites (tertiary alicyclic amines) is 2. The summed E-state index contributed by atoms with van der Waals surface area (Å²) in [5.41, 5.74) is 3.34. The molecule has 3 heterocycles. The van der Waals surface area contributed by atoms with Crippen LogP contribution < -0.4 is 4.90 Å². The summed E-state index contributed by atoms with van der Waals surface area (Å²) in [6.45, 7) is 14.2. The second-order valence-electron chi connectivity index (χ2n) is 14.8. The Labute approximate surface area is 289 Å². The first-order valence-electron chi connectivity index (χ1n) is 18.8. The zero-order valence-electron chi connectivity index (χ0n) is 30.5. The summed E-state index contributed by atoms with van der Waals surface area (Å²) >= 11 is 0. The van der Waals surface area contributed by atoms with Gasteiger partial charge >= 0.3 is 0 Å². The van der Waals surface area contributed by atoms with Crippen molar-refractivity contribution < 1.29 is 14.4 Å². The van der Waals surface area contributed by atoms with Crippen molar-refractivity contribution in [3.8, 4) is 0 Å². The van der Waals surface area contributed by atoms with Crippen LogP contribution in [-0.4, -0.2) is 93.8 Å². The van der Waals surface area contributed by atoms with E-state index in [0.717, 1.165) is 88.1 Å². The molecule has 0 N–H and O–H groups in total. The number of hydrogen-bond donors (Lipinski definition) is 0. The molecule has 0 radical (unpaired) electrons. The van der Waals surface area contributed by atoms with Crippen molar-refractivity contribution in [2.24, 2.45) is 11.8 Å². The summed E-state index contributed by atoms with van der Waals surface area (Å²) in [6, 6.07) is 11.3. The molecule has 48 heavy (non-hydrogen) atoms. The van der Waals surface area contributed by atoms with Crippen LogP contribution in [0.15, 0.2) is 30.3 Å². The second-order valence-corrected chi connectivity index (χ2v) is 14.8. The number of piperidine rings is 2. The Morgan fingerprint density at radius 2 is 1.58 bits per heavy atom. The highest BCUT2D eigenvalue weighted by Crippen LogP contribution is 2.36. The Bertz CT molecular complexity index is 1380. The van der Waals surface area contributed by atoms with Crippen molar-refractivity contribution >= 4 is 23.4 Å². The summed E-state index contributed by atoms with van der Waals surface area (Å²) in [6.07, 6.45) is 10.9. The van der Waals surface area contributed by atoms with Gasteiger partial charge in [-0.2, -0.15) is 0 Å². The van der Waals surface area contributed by atoms with E-state index in [9.17, 15) is 14.4 Å². The standard InChI is InChI=1S/C39H60N6O3/c1-7-34-27-36(45-30(4)40-29(3)37(45)20-23-41(6)38(47)32-14-11-12-15-32)26-28(2)43(34)21-13-22-44(35-16-9-8-10-17-35)39(48)33-18-24-42(25-19-33)31(5)46/h8-10,16-17,28,32-34,36H,7,11-15,18-27H2,1-6H3. The van der Waals surface area contributed by atoms with Crippen molar-refractivity contribution in [3.05, 3.63) is 47.5 Å². The maximum Gasteiger partial charge on any atom is 0.230 e. The molecular formula is C39H60N6O3. The number of imidazole rings is 1. The minimum atomic E-state index is -0.0458. The van der Waals surface area contributed by atoms with Gasteiger partial charge in [-0.1, -0.05) is 38.0 Å². The van der Waals surface area contributed by atoms with Crippen molar-refractivity contribution in [2.45, 2.75) is 123 Å². The highest BCUT2D eigenvalue weighted by Gasteiger charge is 2.36. The van der Waals surface area contributed by atoms with E-state index >= 15 is 0 Å². The lowest BCUT2D eigenvalue weighted by atomic mass is 9.89. The van der Waals surface area contributed by atoms with Crippen LogP contribution in [0.3, 0.4) is 0 Å². The van der Waals surface area contributed by atoms with Crippen LogP contribution in [0.1, 0.15) is 108 Å². The zero-order chi connectivity index (χ0) is 34.4. The highest BCUT2D eigenvalue weighted by atomic mass is 16.2. The van der Waals surface area contributed by atoms with E-state index in [2.05, 4.69) is 37.2 Å². The molecule has 3 unspecified atom stereocenters. The number of para-hydroxylation sites is 1. The van der Waals surface area contributed by atoms with Gasteiger partial charge < -0.3 is 19.3 Å². The third-order valence-electron chi connectivity index (χ3n) is 11.6. The fraction of sp³-hybridized carbons (Fsp3) is 0.692. The summed E-state index contributed by atoms with van der Waals surface area (Å²) in [5.74, 6) is 1.85. The molecule has 3 amide bonds. The Hall–Kier alpha value is -3.20.